The molecule has 0 aliphatic carbocycles. The number of rotatable bonds is 5. The maximum atomic E-state index is 13.2. The number of anilines is 1. The Balaban J connectivity index is 1.78. The molecule has 0 saturated carbocycles. The van der Waals surface area contributed by atoms with E-state index in [4.69, 9.17) is 4.74 Å². The molecule has 1 aliphatic heterocycles. The van der Waals surface area contributed by atoms with Crippen LogP contribution in [0.3, 0.4) is 0 Å². The summed E-state index contributed by atoms with van der Waals surface area (Å²) in [5, 5.41) is 9.63. The molecule has 2 aromatic rings. The molecule has 11 heteroatoms. The summed E-state index contributed by atoms with van der Waals surface area (Å²) in [5.41, 5.74) is -4.23. The van der Waals surface area contributed by atoms with Crippen molar-refractivity contribution in [3.05, 3.63) is 77.4 Å². The number of halogens is 6. The number of alkyl halides is 6. The van der Waals surface area contributed by atoms with Gasteiger partial charge in [-0.2, -0.15) is 26.3 Å². The molecule has 1 N–H and O–H groups in total. The van der Waals surface area contributed by atoms with Crippen LogP contribution >= 0.6 is 0 Å². The van der Waals surface area contributed by atoms with E-state index < -0.39 is 35.7 Å². The van der Waals surface area contributed by atoms with Gasteiger partial charge in [0.1, 0.15) is 6.61 Å². The van der Waals surface area contributed by atoms with Gasteiger partial charge in [0.25, 0.3) is 5.60 Å². The molecule has 0 spiro atoms. The Labute approximate surface area is 204 Å². The van der Waals surface area contributed by atoms with Crippen LogP contribution in [0.2, 0.25) is 0 Å². The highest BCUT2D eigenvalue weighted by Crippen LogP contribution is 2.50. The third kappa shape index (κ3) is 5.77. The molecule has 1 fully saturated rings. The normalized spacial score (nSPS) is 17.1. The van der Waals surface area contributed by atoms with E-state index >= 15 is 0 Å². The average molecular weight is 516 g/mol. The largest absolute Gasteiger partial charge is 0.445 e. The number of hydrogen-bond acceptors (Lipinski definition) is 4. The highest BCUT2D eigenvalue weighted by atomic mass is 19.4. The molecule has 0 bridgehead atoms. The number of amides is 1. The van der Waals surface area contributed by atoms with E-state index in [1.807, 2.05) is 50.3 Å². The van der Waals surface area contributed by atoms with Crippen LogP contribution in [0.4, 0.5) is 36.8 Å². The summed E-state index contributed by atoms with van der Waals surface area (Å²) < 4.78 is 84.6. The highest BCUT2D eigenvalue weighted by molar-refractivity contribution is 5.68. The third-order valence-electron chi connectivity index (χ3n) is 5.84. The van der Waals surface area contributed by atoms with Gasteiger partial charge >= 0.3 is 18.4 Å². The van der Waals surface area contributed by atoms with Crippen LogP contribution in [0.5, 0.6) is 0 Å². The number of allylic oxidation sites excluding steroid dienone is 1. The molecule has 196 valence electrons. The lowest BCUT2D eigenvalue weighted by Crippen LogP contribution is -2.55. The van der Waals surface area contributed by atoms with Crippen LogP contribution in [0.25, 0.3) is 0 Å². The first kappa shape index (κ1) is 27.4. The van der Waals surface area contributed by atoms with Gasteiger partial charge in [0.2, 0.25) is 0 Å². The first-order chi connectivity index (χ1) is 16.7. The topological polar surface area (TPSA) is 53.0 Å². The van der Waals surface area contributed by atoms with Crippen molar-refractivity contribution in [1.29, 1.82) is 0 Å². The highest BCUT2D eigenvalue weighted by Gasteiger charge is 2.71. The monoisotopic (exact) mass is 516 g/mol. The van der Waals surface area contributed by atoms with Crippen molar-refractivity contribution in [1.82, 2.24) is 4.90 Å². The molecule has 1 amide bonds. The van der Waals surface area contributed by atoms with Crippen molar-refractivity contribution < 1.29 is 41.0 Å². The average Bonchev–Trinajstić information content (AvgIpc) is 2.81. The van der Waals surface area contributed by atoms with E-state index in [1.165, 1.54) is 4.90 Å². The van der Waals surface area contributed by atoms with Gasteiger partial charge in [-0.25, -0.2) is 4.79 Å². The van der Waals surface area contributed by atoms with Gasteiger partial charge in [-0.1, -0.05) is 54.1 Å². The first-order valence-corrected chi connectivity index (χ1v) is 11.1. The first-order valence-electron chi connectivity index (χ1n) is 11.1. The van der Waals surface area contributed by atoms with Crippen molar-refractivity contribution in [3.8, 4) is 0 Å². The van der Waals surface area contributed by atoms with Crippen molar-refractivity contribution >= 4 is 11.8 Å². The molecule has 3 rings (SSSR count). The summed E-state index contributed by atoms with van der Waals surface area (Å²) >= 11 is 0. The van der Waals surface area contributed by atoms with Crippen LogP contribution in [0.15, 0.2) is 66.2 Å². The standard InChI is InChI=1S/C25H26F6N2O3/c1-17(2)14-21-15-32(22(34)36-16-18-6-4-3-5-7-18)12-13-33(21)20-10-8-19(9-11-20)23(35,24(26,27)28)25(29,30)31/h3-11,14,21,35H,12-13,15-16H2,1-2H3. The maximum absolute atomic E-state index is 13.2. The number of aliphatic hydroxyl groups is 1. The van der Waals surface area contributed by atoms with E-state index in [0.29, 0.717) is 17.8 Å². The zero-order chi connectivity index (χ0) is 26.7. The Morgan fingerprint density at radius 3 is 2.08 bits per heavy atom. The number of ether oxygens (including phenoxy) is 1. The van der Waals surface area contributed by atoms with Crippen molar-refractivity contribution in [2.45, 2.75) is 44.4 Å². The van der Waals surface area contributed by atoms with Gasteiger partial charge in [-0.15, -0.1) is 0 Å². The summed E-state index contributed by atoms with van der Waals surface area (Å²) in [7, 11) is 0. The predicted molar refractivity (Wildman–Crippen MR) is 121 cm³/mol. The molecule has 1 saturated heterocycles. The quantitative estimate of drug-likeness (QED) is 0.404. The van der Waals surface area contributed by atoms with E-state index in [2.05, 4.69) is 0 Å². The number of piperazine rings is 1. The molecule has 36 heavy (non-hydrogen) atoms. The van der Waals surface area contributed by atoms with Crippen LogP contribution in [0.1, 0.15) is 25.0 Å². The minimum absolute atomic E-state index is 0.0932. The second-order valence-electron chi connectivity index (χ2n) is 8.74. The fourth-order valence-electron chi connectivity index (χ4n) is 4.02. The van der Waals surface area contributed by atoms with Crippen LogP contribution in [0, 0.1) is 0 Å². The van der Waals surface area contributed by atoms with E-state index in [9.17, 15) is 36.2 Å². The van der Waals surface area contributed by atoms with Gasteiger partial charge in [0, 0.05) is 30.9 Å². The number of nitrogens with zero attached hydrogens (tertiary/aromatic N) is 2. The SMILES string of the molecule is CC(C)=CC1CN(C(=O)OCc2ccccc2)CCN1c1ccc(C(O)(C(F)(F)F)C(F)(F)F)cc1. The Kier molecular flexibility index (Phi) is 7.92. The van der Waals surface area contributed by atoms with Crippen LogP contribution in [-0.4, -0.2) is 54.1 Å². The third-order valence-corrected chi connectivity index (χ3v) is 5.84. The molecule has 1 atom stereocenters. The lowest BCUT2D eigenvalue weighted by molar-refractivity contribution is -0.376. The van der Waals surface area contributed by atoms with Gasteiger partial charge in [0.15, 0.2) is 0 Å². The van der Waals surface area contributed by atoms with Gasteiger partial charge in [-0.3, -0.25) is 0 Å². The van der Waals surface area contributed by atoms with Gasteiger partial charge in [0.05, 0.1) is 6.04 Å². The number of carbonyl (C=O) groups excluding carboxylic acids is 1. The summed E-state index contributed by atoms with van der Waals surface area (Å²) in [6.07, 6.45) is -10.6. The molecule has 1 heterocycles. The maximum Gasteiger partial charge on any atom is 0.430 e. The minimum atomic E-state index is -5.96. The lowest BCUT2D eigenvalue weighted by atomic mass is 9.92. The summed E-state index contributed by atoms with van der Waals surface area (Å²) in [4.78, 5) is 15.9. The molecular formula is C25H26F6N2O3. The van der Waals surface area contributed by atoms with E-state index in [-0.39, 0.29) is 26.2 Å². The van der Waals surface area contributed by atoms with E-state index in [0.717, 1.165) is 23.3 Å². The van der Waals surface area contributed by atoms with Gasteiger partial charge in [-0.05, 0) is 31.5 Å². The van der Waals surface area contributed by atoms with Crippen molar-refractivity contribution in [2.24, 2.45) is 0 Å². The molecule has 0 radical (unpaired) electrons. The number of carbonyl (C=O) groups is 1. The molecule has 1 aliphatic rings. The smallest absolute Gasteiger partial charge is 0.430 e. The fraction of sp³-hybridized carbons (Fsp3) is 0.400. The van der Waals surface area contributed by atoms with Crippen molar-refractivity contribution in [3.63, 3.8) is 0 Å². The molecule has 2 aromatic carbocycles. The number of benzene rings is 2. The minimum Gasteiger partial charge on any atom is -0.445 e. The number of hydrogen-bond donors (Lipinski definition) is 1. The zero-order valence-electron chi connectivity index (χ0n) is 19.6. The molecule has 5 nitrogen and oxygen atoms in total. The Morgan fingerprint density at radius 2 is 1.56 bits per heavy atom. The molecular weight excluding hydrogens is 490 g/mol. The second-order valence-corrected chi connectivity index (χ2v) is 8.74. The summed E-state index contributed by atoms with van der Waals surface area (Å²) in [6, 6.07) is 12.2. The van der Waals surface area contributed by atoms with Crippen molar-refractivity contribution in [2.75, 3.05) is 24.5 Å². The predicted octanol–water partition coefficient (Wildman–Crippen LogP) is 5.79. The lowest BCUT2D eigenvalue weighted by Gasteiger charge is -2.41. The van der Waals surface area contributed by atoms with Crippen LogP contribution < -0.4 is 4.90 Å². The zero-order valence-corrected chi connectivity index (χ0v) is 19.6. The van der Waals surface area contributed by atoms with Gasteiger partial charge < -0.3 is 19.6 Å². The van der Waals surface area contributed by atoms with E-state index in [1.54, 1.807) is 4.90 Å². The Hall–Kier alpha value is -3.21. The molecule has 0 aromatic heterocycles. The molecule has 1 unspecified atom stereocenters. The van der Waals surface area contributed by atoms with Crippen LogP contribution in [-0.2, 0) is 16.9 Å². The summed E-state index contributed by atoms with van der Waals surface area (Å²) in [6.45, 7) is 4.46. The summed E-state index contributed by atoms with van der Waals surface area (Å²) in [5.74, 6) is 0. The second kappa shape index (κ2) is 10.4. The fourth-order valence-corrected chi connectivity index (χ4v) is 4.02. The Morgan fingerprint density at radius 1 is 0.972 bits per heavy atom. The Bertz CT molecular complexity index is 1050.